The quantitative estimate of drug-likeness (QED) is 0.922. The molecule has 4 nitrogen and oxygen atoms in total. The highest BCUT2D eigenvalue weighted by Gasteiger charge is 2.31. The standard InChI is InChI=1S/C16H19ClN2O2/c1-11(12-3-2-4-14(17)5-12)7-19-8-13(9-19)16-6-15(10-20)21-18-16/h2-6,11,13,20H,7-10H2,1H3. The van der Waals surface area contributed by atoms with Gasteiger partial charge in [-0.2, -0.15) is 0 Å². The van der Waals surface area contributed by atoms with Crippen LogP contribution in [-0.2, 0) is 6.61 Å². The smallest absolute Gasteiger partial charge is 0.162 e. The average Bonchev–Trinajstić information content (AvgIpc) is 2.90. The van der Waals surface area contributed by atoms with E-state index in [-0.39, 0.29) is 6.61 Å². The first-order chi connectivity index (χ1) is 10.2. The van der Waals surface area contributed by atoms with E-state index in [1.807, 2.05) is 24.3 Å². The predicted molar refractivity (Wildman–Crippen MR) is 81.5 cm³/mol. The lowest BCUT2D eigenvalue weighted by Gasteiger charge is -2.39. The molecule has 0 bridgehead atoms. The van der Waals surface area contributed by atoms with Crippen LogP contribution in [0.25, 0.3) is 0 Å². The molecule has 2 aromatic rings. The van der Waals surface area contributed by atoms with Crippen molar-refractivity contribution in [3.05, 3.63) is 52.4 Å². The Kier molecular flexibility index (Phi) is 4.29. The third-order valence-corrected chi connectivity index (χ3v) is 4.29. The number of hydrogen-bond acceptors (Lipinski definition) is 4. The predicted octanol–water partition coefficient (Wildman–Crippen LogP) is 3.02. The Balaban J connectivity index is 1.52. The Bertz CT molecular complexity index is 608. The second-order valence-electron chi connectivity index (χ2n) is 5.75. The second kappa shape index (κ2) is 6.18. The second-order valence-corrected chi connectivity index (χ2v) is 6.18. The summed E-state index contributed by atoms with van der Waals surface area (Å²) in [6, 6.07) is 9.91. The van der Waals surface area contributed by atoms with Crippen LogP contribution in [0.2, 0.25) is 5.02 Å². The topological polar surface area (TPSA) is 49.5 Å². The summed E-state index contributed by atoms with van der Waals surface area (Å²) < 4.78 is 5.04. The number of aliphatic hydroxyl groups is 1. The van der Waals surface area contributed by atoms with E-state index in [1.165, 1.54) is 5.56 Å². The molecule has 5 heteroatoms. The summed E-state index contributed by atoms with van der Waals surface area (Å²) in [5.41, 5.74) is 2.22. The summed E-state index contributed by atoms with van der Waals surface area (Å²) in [4.78, 5) is 2.41. The Morgan fingerprint density at radius 3 is 2.90 bits per heavy atom. The van der Waals surface area contributed by atoms with Crippen LogP contribution < -0.4 is 0 Å². The third kappa shape index (κ3) is 3.28. The first-order valence-corrected chi connectivity index (χ1v) is 7.57. The number of aromatic nitrogens is 1. The zero-order chi connectivity index (χ0) is 14.8. The van der Waals surface area contributed by atoms with Crippen molar-refractivity contribution in [2.75, 3.05) is 19.6 Å². The number of aliphatic hydroxyl groups excluding tert-OH is 1. The van der Waals surface area contributed by atoms with Gasteiger partial charge in [-0.05, 0) is 23.6 Å². The first-order valence-electron chi connectivity index (χ1n) is 7.20. The minimum absolute atomic E-state index is 0.0881. The maximum Gasteiger partial charge on any atom is 0.162 e. The molecular formula is C16H19ClN2O2. The SMILES string of the molecule is CC(CN1CC(c2cc(CO)on2)C1)c1cccc(Cl)c1. The highest BCUT2D eigenvalue weighted by molar-refractivity contribution is 6.30. The van der Waals surface area contributed by atoms with Crippen molar-refractivity contribution < 1.29 is 9.63 Å². The maximum atomic E-state index is 8.99. The van der Waals surface area contributed by atoms with Crippen molar-refractivity contribution in [2.45, 2.75) is 25.4 Å². The van der Waals surface area contributed by atoms with Gasteiger partial charge in [0, 0.05) is 36.6 Å². The number of hydrogen-bond donors (Lipinski definition) is 1. The molecule has 1 aliphatic heterocycles. The number of nitrogens with zero attached hydrogens (tertiary/aromatic N) is 2. The van der Waals surface area contributed by atoms with E-state index in [2.05, 4.69) is 23.0 Å². The largest absolute Gasteiger partial charge is 0.388 e. The fraction of sp³-hybridized carbons (Fsp3) is 0.438. The molecule has 2 heterocycles. The van der Waals surface area contributed by atoms with Crippen molar-refractivity contribution in [1.29, 1.82) is 0 Å². The van der Waals surface area contributed by atoms with Gasteiger partial charge in [-0.3, -0.25) is 0 Å². The van der Waals surface area contributed by atoms with Gasteiger partial charge in [0.15, 0.2) is 5.76 Å². The highest BCUT2D eigenvalue weighted by Crippen LogP contribution is 2.29. The highest BCUT2D eigenvalue weighted by atomic mass is 35.5. The lowest BCUT2D eigenvalue weighted by molar-refractivity contribution is 0.135. The van der Waals surface area contributed by atoms with Gasteiger partial charge < -0.3 is 14.5 Å². The van der Waals surface area contributed by atoms with Crippen molar-refractivity contribution in [2.24, 2.45) is 0 Å². The van der Waals surface area contributed by atoms with Gasteiger partial charge >= 0.3 is 0 Å². The Hall–Kier alpha value is -1.36. The molecule has 0 aliphatic carbocycles. The van der Waals surface area contributed by atoms with Gasteiger partial charge in [-0.25, -0.2) is 0 Å². The van der Waals surface area contributed by atoms with Gasteiger partial charge in [0.25, 0.3) is 0 Å². The van der Waals surface area contributed by atoms with Gasteiger partial charge in [0.2, 0.25) is 0 Å². The van der Waals surface area contributed by atoms with Gasteiger partial charge in [-0.1, -0.05) is 35.8 Å². The van der Waals surface area contributed by atoms with E-state index >= 15 is 0 Å². The van der Waals surface area contributed by atoms with E-state index in [0.717, 1.165) is 30.4 Å². The number of rotatable bonds is 5. The Morgan fingerprint density at radius 2 is 2.24 bits per heavy atom. The third-order valence-electron chi connectivity index (χ3n) is 4.06. The molecule has 3 rings (SSSR count). The molecule has 0 spiro atoms. The van der Waals surface area contributed by atoms with Crippen LogP contribution in [0, 0.1) is 0 Å². The zero-order valence-corrected chi connectivity index (χ0v) is 12.8. The minimum atomic E-state index is -0.0881. The Labute approximate surface area is 129 Å². The van der Waals surface area contributed by atoms with E-state index < -0.39 is 0 Å². The maximum absolute atomic E-state index is 8.99. The van der Waals surface area contributed by atoms with Crippen LogP contribution in [-0.4, -0.2) is 34.8 Å². The van der Waals surface area contributed by atoms with E-state index in [9.17, 15) is 0 Å². The van der Waals surface area contributed by atoms with Crippen molar-refractivity contribution in [3.63, 3.8) is 0 Å². The molecular weight excluding hydrogens is 288 g/mol. The minimum Gasteiger partial charge on any atom is -0.388 e. The molecule has 1 aliphatic rings. The first kappa shape index (κ1) is 14.6. The number of benzene rings is 1. The van der Waals surface area contributed by atoms with Gasteiger partial charge in [0.1, 0.15) is 6.61 Å². The van der Waals surface area contributed by atoms with Crippen LogP contribution >= 0.6 is 11.6 Å². The number of likely N-dealkylation sites (tertiary alicyclic amines) is 1. The molecule has 1 unspecified atom stereocenters. The van der Waals surface area contributed by atoms with Crippen LogP contribution in [0.3, 0.4) is 0 Å². The molecule has 0 amide bonds. The van der Waals surface area contributed by atoms with E-state index in [0.29, 0.717) is 17.6 Å². The Morgan fingerprint density at radius 1 is 1.43 bits per heavy atom. The van der Waals surface area contributed by atoms with Gasteiger partial charge in [0.05, 0.1) is 5.69 Å². The summed E-state index contributed by atoms with van der Waals surface area (Å²) in [5.74, 6) is 1.41. The zero-order valence-electron chi connectivity index (χ0n) is 12.0. The summed E-state index contributed by atoms with van der Waals surface area (Å²) >= 11 is 6.04. The summed E-state index contributed by atoms with van der Waals surface area (Å²) in [7, 11) is 0. The molecule has 1 atom stereocenters. The van der Waals surface area contributed by atoms with Crippen LogP contribution in [0.5, 0.6) is 0 Å². The molecule has 1 N–H and O–H groups in total. The van der Waals surface area contributed by atoms with Crippen molar-refractivity contribution >= 4 is 11.6 Å². The normalized spacial score (nSPS) is 17.7. The molecule has 1 aromatic heterocycles. The summed E-state index contributed by atoms with van der Waals surface area (Å²) in [6.07, 6.45) is 0. The molecule has 1 aromatic carbocycles. The van der Waals surface area contributed by atoms with Crippen LogP contribution in [0.1, 0.15) is 35.8 Å². The molecule has 1 saturated heterocycles. The number of halogens is 1. The fourth-order valence-corrected chi connectivity index (χ4v) is 3.01. The molecule has 1 fully saturated rings. The average molecular weight is 307 g/mol. The molecule has 112 valence electrons. The molecule has 0 radical (unpaired) electrons. The molecule has 0 saturated carbocycles. The van der Waals surface area contributed by atoms with Crippen molar-refractivity contribution in [1.82, 2.24) is 10.1 Å². The summed E-state index contributed by atoms with van der Waals surface area (Å²) in [5, 5.41) is 13.8. The lowest BCUT2D eigenvalue weighted by Crippen LogP contribution is -2.46. The van der Waals surface area contributed by atoms with E-state index in [1.54, 1.807) is 0 Å². The van der Waals surface area contributed by atoms with Crippen molar-refractivity contribution in [3.8, 4) is 0 Å². The van der Waals surface area contributed by atoms with Gasteiger partial charge in [-0.15, -0.1) is 0 Å². The van der Waals surface area contributed by atoms with Crippen LogP contribution in [0.15, 0.2) is 34.9 Å². The molecule has 21 heavy (non-hydrogen) atoms. The monoisotopic (exact) mass is 306 g/mol. The summed E-state index contributed by atoms with van der Waals surface area (Å²) in [6.45, 7) is 5.13. The van der Waals surface area contributed by atoms with E-state index in [4.69, 9.17) is 21.2 Å². The lowest BCUT2D eigenvalue weighted by atomic mass is 9.93. The van der Waals surface area contributed by atoms with Crippen LogP contribution in [0.4, 0.5) is 0 Å². The fourth-order valence-electron chi connectivity index (χ4n) is 2.81.